The van der Waals surface area contributed by atoms with E-state index < -0.39 is 24.0 Å². The smallest absolute Gasteiger partial charge is 1.00 e. The molecule has 27 heteroatoms. The van der Waals surface area contributed by atoms with Gasteiger partial charge in [0.25, 0.3) is 6.47 Å². The summed E-state index contributed by atoms with van der Waals surface area (Å²) in [7, 11) is 5.08. The SMILES string of the molecule is CC(=O)Nc1csc(-c2cnc(C(F)(F)F)nc2)n1.CC(=O)Nc1csc(Br)n1.O.O.O=CO[O-].[B]c1cnc(C(F)(F)F)nc1.[Cs+].[Cs+].[H-]. The summed E-state index contributed by atoms with van der Waals surface area (Å²) in [5.74, 6) is -1.81. The van der Waals surface area contributed by atoms with E-state index in [9.17, 15) is 35.9 Å². The van der Waals surface area contributed by atoms with Crippen LogP contribution in [0.3, 0.4) is 0 Å². The van der Waals surface area contributed by atoms with Gasteiger partial charge in [-0.25, -0.2) is 29.9 Å². The number of rotatable bonds is 4. The van der Waals surface area contributed by atoms with Crippen LogP contribution in [0.25, 0.3) is 10.6 Å². The van der Waals surface area contributed by atoms with E-state index in [1.807, 2.05) is 0 Å². The number of hydrogen-bond acceptors (Lipinski definition) is 13. The Balaban J connectivity index is -0.000000188. The first-order chi connectivity index (χ1) is 20.5. The van der Waals surface area contributed by atoms with Crippen LogP contribution in [0.2, 0.25) is 0 Å². The predicted octanol–water partition coefficient (Wildman–Crippen LogP) is -4.36. The number of amides is 2. The Bertz CT molecular complexity index is 1520. The molecule has 0 unspecified atom stereocenters. The average Bonchev–Trinajstić information content (AvgIpc) is 3.56. The van der Waals surface area contributed by atoms with E-state index in [4.69, 9.17) is 17.9 Å². The first-order valence-electron chi connectivity index (χ1n) is 10.8. The fourth-order valence-corrected chi connectivity index (χ4v) is 3.87. The van der Waals surface area contributed by atoms with Crippen molar-refractivity contribution in [3.63, 3.8) is 0 Å². The number of thiazole rings is 2. The van der Waals surface area contributed by atoms with Gasteiger partial charge >= 0.3 is 150 Å². The van der Waals surface area contributed by atoms with Gasteiger partial charge in [0, 0.05) is 55.0 Å². The van der Waals surface area contributed by atoms with E-state index in [1.165, 1.54) is 36.5 Å². The second kappa shape index (κ2) is 27.6. The second-order valence-electron chi connectivity index (χ2n) is 7.21. The number of carbonyl (C=O) groups is 3. The van der Waals surface area contributed by atoms with Crippen molar-refractivity contribution in [2.24, 2.45) is 0 Å². The van der Waals surface area contributed by atoms with Crippen LogP contribution in [0.5, 0.6) is 0 Å². The van der Waals surface area contributed by atoms with Gasteiger partial charge < -0.3 is 33.2 Å². The fourth-order valence-electron chi connectivity index (χ4n) is 2.20. The van der Waals surface area contributed by atoms with E-state index in [1.54, 1.807) is 10.8 Å². The fraction of sp³-hybridized carbons (Fsp3) is 0.190. The van der Waals surface area contributed by atoms with Crippen LogP contribution >= 0.6 is 38.6 Å². The maximum absolute atomic E-state index is 12.3. The summed E-state index contributed by atoms with van der Waals surface area (Å²) in [6.07, 6.45) is -5.14. The predicted molar refractivity (Wildman–Crippen MR) is 154 cm³/mol. The number of nitrogens with zero attached hydrogens (tertiary/aromatic N) is 6. The molecule has 0 aliphatic heterocycles. The number of nitrogens with one attached hydrogen (secondary N) is 2. The Morgan fingerprint density at radius 3 is 1.56 bits per heavy atom. The molecule has 0 saturated carbocycles. The minimum atomic E-state index is -4.57. The minimum absolute atomic E-state index is 0. The summed E-state index contributed by atoms with van der Waals surface area (Å²) in [4.78, 5) is 53.0. The van der Waals surface area contributed by atoms with Crippen LogP contribution < -0.4 is 159 Å². The van der Waals surface area contributed by atoms with Gasteiger partial charge in [-0.3, -0.25) is 14.4 Å². The zero-order chi connectivity index (χ0) is 33.5. The molecular weight excluding hydrogens is 1010 g/mol. The molecule has 0 aliphatic rings. The van der Waals surface area contributed by atoms with Gasteiger partial charge in [0.05, 0.1) is 0 Å². The molecule has 0 spiro atoms. The first-order valence-corrected chi connectivity index (χ1v) is 13.4. The third-order valence-corrected chi connectivity index (χ3v) is 5.96. The quantitative estimate of drug-likeness (QED) is 0.0651. The summed E-state index contributed by atoms with van der Waals surface area (Å²) in [6.45, 7) is 2.60. The average molecular weight is 1030 g/mol. The number of halogens is 7. The van der Waals surface area contributed by atoms with Crippen LogP contribution in [-0.2, 0) is 31.6 Å². The number of alkyl halides is 6. The zero-order valence-electron chi connectivity index (χ0n) is 25.8. The zero-order valence-corrected chi connectivity index (χ0v) is 40.6. The van der Waals surface area contributed by atoms with E-state index in [0.29, 0.717) is 22.2 Å². The van der Waals surface area contributed by atoms with Crippen LogP contribution in [0, 0.1) is 0 Å². The topological polar surface area (TPSA) is 248 Å². The van der Waals surface area contributed by atoms with E-state index in [-0.39, 0.29) is 174 Å². The number of hydrogen-bond donors (Lipinski definition) is 2. The van der Waals surface area contributed by atoms with Gasteiger partial charge in [-0.05, 0) is 15.9 Å². The molecule has 4 aromatic rings. The standard InChI is InChI=1S/C10H7F3N4OS.C5H2BF3N2.C5H5BrN2OS.CH2O3.2Cs.2H2O.H/c1-5(18)16-7-4-19-8(17-7)6-2-14-9(15-3-6)10(11,12)13;6-3-1-10-4(11-2-3)5(7,8)9;1-3(9)7-4-2-10-5(6)8-4;2-1-4-3;;;;;/h2-4H,1H3,(H,16,18);1-2H;2H,1H3,(H,7,9);1,3H;;;2*1H2;/q;;;;2*+1;;;-1/p-1. The van der Waals surface area contributed by atoms with Crippen molar-refractivity contribution < 1.29 is 201 Å². The maximum atomic E-state index is 12.3. The molecule has 0 aliphatic carbocycles. The number of anilines is 2. The van der Waals surface area contributed by atoms with Gasteiger partial charge in [0.1, 0.15) is 24.5 Å². The van der Waals surface area contributed by atoms with Gasteiger partial charge in [-0.1, -0.05) is 5.46 Å². The summed E-state index contributed by atoms with van der Waals surface area (Å²) < 4.78 is 72.9. The molecule has 252 valence electrons. The molecule has 6 N–H and O–H groups in total. The van der Waals surface area contributed by atoms with Crippen molar-refractivity contribution in [3.8, 4) is 10.6 Å². The van der Waals surface area contributed by atoms with Gasteiger partial charge in [0.15, 0.2) is 3.92 Å². The van der Waals surface area contributed by atoms with E-state index >= 15 is 0 Å². The van der Waals surface area contributed by atoms with Gasteiger partial charge in [0.2, 0.25) is 23.5 Å². The van der Waals surface area contributed by atoms with E-state index in [0.717, 1.165) is 28.7 Å². The third kappa shape index (κ3) is 23.4. The molecule has 2 radical (unpaired) electrons. The summed E-state index contributed by atoms with van der Waals surface area (Å²) in [5.41, 5.74) is 0.465. The van der Waals surface area contributed by atoms with Gasteiger partial charge in [-0.15, -0.1) is 22.7 Å². The molecule has 4 heterocycles. The van der Waals surface area contributed by atoms with Crippen LogP contribution in [-0.4, -0.2) is 67.0 Å². The molecule has 4 rings (SSSR count). The summed E-state index contributed by atoms with van der Waals surface area (Å²) in [5, 5.41) is 17.2. The van der Waals surface area contributed by atoms with Gasteiger partial charge in [-0.2, -0.15) is 26.3 Å². The van der Waals surface area contributed by atoms with Crippen molar-refractivity contribution in [2.75, 3.05) is 10.6 Å². The second-order valence-corrected chi connectivity index (χ2v) is 10.2. The maximum Gasteiger partial charge on any atom is 1.00 e. The molecule has 0 atom stereocenters. The minimum Gasteiger partial charge on any atom is -1.00 e. The van der Waals surface area contributed by atoms with Crippen LogP contribution in [0.1, 0.15) is 26.9 Å². The van der Waals surface area contributed by atoms with Crippen LogP contribution in [0.15, 0.2) is 39.5 Å². The summed E-state index contributed by atoms with van der Waals surface area (Å²) in [6, 6.07) is 0. The molecule has 48 heavy (non-hydrogen) atoms. The van der Waals surface area contributed by atoms with E-state index in [2.05, 4.69) is 61.4 Å². The first kappa shape index (κ1) is 54.7. The molecule has 15 nitrogen and oxygen atoms in total. The molecule has 0 bridgehead atoms. The van der Waals surface area contributed by atoms with Crippen molar-refractivity contribution in [3.05, 3.63) is 51.1 Å². The Labute approximate surface area is 403 Å². The Morgan fingerprint density at radius 2 is 1.23 bits per heavy atom. The normalized spacial score (nSPS) is 9.54. The van der Waals surface area contributed by atoms with Crippen molar-refractivity contribution in [1.29, 1.82) is 0 Å². The number of carbonyl (C=O) groups excluding carboxylic acids is 3. The molecular formula is C21H20BBrCs2F6N8O7S2. The van der Waals surface area contributed by atoms with Crippen molar-refractivity contribution in [2.45, 2.75) is 26.2 Å². The Morgan fingerprint density at radius 1 is 0.854 bits per heavy atom. The Hall–Kier alpha value is -0.0612. The molecule has 0 aromatic carbocycles. The molecule has 0 saturated heterocycles. The van der Waals surface area contributed by atoms with Crippen molar-refractivity contribution in [1.82, 2.24) is 29.9 Å². The molecule has 0 fully saturated rings. The third-order valence-electron chi connectivity index (χ3n) is 3.71. The molecule has 2 amide bonds. The van der Waals surface area contributed by atoms with Crippen molar-refractivity contribution >= 4 is 81.8 Å². The molecule has 4 aromatic heterocycles. The largest absolute Gasteiger partial charge is 1.00 e. The Kier molecular flexibility index (Phi) is 31.4. The van der Waals surface area contributed by atoms with Crippen LogP contribution in [0.4, 0.5) is 38.0 Å². The summed E-state index contributed by atoms with van der Waals surface area (Å²) >= 11 is 5.79. The monoisotopic (exact) mass is 1030 g/mol. The number of aromatic nitrogens is 6.